The van der Waals surface area contributed by atoms with E-state index in [2.05, 4.69) is 16.0 Å². The fourth-order valence-electron chi connectivity index (χ4n) is 3.56. The fourth-order valence-corrected chi connectivity index (χ4v) is 4.46. The summed E-state index contributed by atoms with van der Waals surface area (Å²) in [4.78, 5) is 11.9. The molecule has 5 rings (SSSR count). The molecular weight excluding hydrogens is 358 g/mol. The van der Waals surface area contributed by atoms with E-state index >= 15 is 0 Å². The lowest BCUT2D eigenvalue weighted by molar-refractivity contribution is 0.439. The summed E-state index contributed by atoms with van der Waals surface area (Å²) in [5, 5.41) is 10.3. The van der Waals surface area contributed by atoms with Crippen LogP contribution in [-0.2, 0) is 6.42 Å². The summed E-state index contributed by atoms with van der Waals surface area (Å²) in [5.74, 6) is 5.20. The summed E-state index contributed by atoms with van der Waals surface area (Å²) >= 11 is 1.97. The Morgan fingerprint density at radius 2 is 1.74 bits per heavy atom. The van der Waals surface area contributed by atoms with E-state index in [1.807, 2.05) is 42.1 Å². The number of ether oxygens (including phenoxy) is 1. The Hall–Kier alpha value is -2.73. The van der Waals surface area contributed by atoms with Crippen LogP contribution in [0.4, 0.5) is 5.82 Å². The van der Waals surface area contributed by atoms with E-state index in [4.69, 9.17) is 9.72 Å². The minimum absolute atomic E-state index is 0.175. The molecule has 136 valence electrons. The number of aromatic hydroxyl groups is 1. The number of phenols is 1. The number of thioether (sulfide) groups is 1. The molecule has 0 bridgehead atoms. The molecule has 0 saturated carbocycles. The Kier molecular flexibility index (Phi) is 4.13. The highest BCUT2D eigenvalue weighted by atomic mass is 32.2. The van der Waals surface area contributed by atoms with E-state index in [0.29, 0.717) is 17.3 Å². The molecule has 2 aromatic carbocycles. The molecule has 0 radical (unpaired) electrons. The van der Waals surface area contributed by atoms with Crippen molar-refractivity contribution in [3.8, 4) is 28.8 Å². The minimum atomic E-state index is 0.175. The highest BCUT2D eigenvalue weighted by Gasteiger charge is 2.27. The highest BCUT2D eigenvalue weighted by molar-refractivity contribution is 7.99. The van der Waals surface area contributed by atoms with Crippen LogP contribution in [0.25, 0.3) is 11.4 Å². The second kappa shape index (κ2) is 6.78. The molecule has 3 aromatic rings. The van der Waals surface area contributed by atoms with E-state index < -0.39 is 0 Å². The molecule has 0 spiro atoms. The SMILES string of the molecule is Oc1ccccc1-c1nc2c(c(N3CCSCC3)n1)Cc1ccccc1O2. The number of benzene rings is 2. The highest BCUT2D eigenvalue weighted by Crippen LogP contribution is 2.41. The van der Waals surface area contributed by atoms with Crippen molar-refractivity contribution in [3.05, 3.63) is 59.7 Å². The van der Waals surface area contributed by atoms with Crippen LogP contribution in [0.1, 0.15) is 11.1 Å². The first kappa shape index (κ1) is 16.4. The quantitative estimate of drug-likeness (QED) is 0.568. The standard InChI is InChI=1S/C21H19N3O2S/c25-17-7-3-2-6-15(17)19-22-20(24-9-11-27-12-10-24)16-13-14-5-1-4-8-18(14)26-21(16)23-19/h1-8,25H,9-13H2. The third kappa shape index (κ3) is 3.00. The van der Waals surface area contributed by atoms with E-state index in [-0.39, 0.29) is 5.75 Å². The van der Waals surface area contributed by atoms with Gasteiger partial charge in [0.1, 0.15) is 17.3 Å². The molecule has 1 fully saturated rings. The lowest BCUT2D eigenvalue weighted by Gasteiger charge is -2.31. The number of anilines is 1. The normalized spacial score (nSPS) is 15.6. The molecule has 2 aliphatic heterocycles. The molecule has 0 atom stereocenters. The van der Waals surface area contributed by atoms with E-state index in [9.17, 15) is 5.11 Å². The van der Waals surface area contributed by atoms with Crippen LogP contribution in [0.3, 0.4) is 0 Å². The molecule has 2 aliphatic rings. The van der Waals surface area contributed by atoms with Crippen LogP contribution in [0.2, 0.25) is 0 Å². The van der Waals surface area contributed by atoms with Crippen molar-refractivity contribution in [3.63, 3.8) is 0 Å². The number of nitrogens with zero attached hydrogens (tertiary/aromatic N) is 3. The average Bonchev–Trinajstić information content (AvgIpc) is 2.72. The molecule has 0 unspecified atom stereocenters. The maximum absolute atomic E-state index is 10.3. The van der Waals surface area contributed by atoms with Crippen molar-refractivity contribution >= 4 is 17.6 Å². The van der Waals surface area contributed by atoms with Gasteiger partial charge in [0.15, 0.2) is 5.82 Å². The van der Waals surface area contributed by atoms with Gasteiger partial charge in [0.2, 0.25) is 5.88 Å². The molecule has 5 nitrogen and oxygen atoms in total. The second-order valence-electron chi connectivity index (χ2n) is 6.66. The first-order valence-electron chi connectivity index (χ1n) is 9.07. The number of aromatic nitrogens is 2. The van der Waals surface area contributed by atoms with Gasteiger partial charge in [0, 0.05) is 31.0 Å². The lowest BCUT2D eigenvalue weighted by atomic mass is 10.0. The van der Waals surface area contributed by atoms with Crippen molar-refractivity contribution in [2.24, 2.45) is 0 Å². The Morgan fingerprint density at radius 1 is 0.963 bits per heavy atom. The van der Waals surface area contributed by atoms with Crippen LogP contribution in [0.15, 0.2) is 48.5 Å². The van der Waals surface area contributed by atoms with E-state index in [1.54, 1.807) is 12.1 Å². The van der Waals surface area contributed by atoms with Crippen LogP contribution in [-0.4, -0.2) is 39.7 Å². The summed E-state index contributed by atoms with van der Waals surface area (Å²) in [7, 11) is 0. The van der Waals surface area contributed by atoms with Crippen molar-refractivity contribution in [1.29, 1.82) is 0 Å². The van der Waals surface area contributed by atoms with Gasteiger partial charge in [-0.2, -0.15) is 16.7 Å². The molecule has 1 saturated heterocycles. The number of hydrogen-bond donors (Lipinski definition) is 1. The molecular formula is C21H19N3O2S. The number of fused-ring (bicyclic) bond motifs is 2. The zero-order valence-corrected chi connectivity index (χ0v) is 15.6. The molecule has 6 heteroatoms. The van der Waals surface area contributed by atoms with Crippen LogP contribution >= 0.6 is 11.8 Å². The molecule has 1 N–H and O–H groups in total. The number of hydrogen-bond acceptors (Lipinski definition) is 6. The van der Waals surface area contributed by atoms with Gasteiger partial charge in [-0.15, -0.1) is 0 Å². The van der Waals surface area contributed by atoms with Gasteiger partial charge in [-0.1, -0.05) is 30.3 Å². The first-order chi connectivity index (χ1) is 13.3. The van der Waals surface area contributed by atoms with Crippen LogP contribution in [0, 0.1) is 0 Å². The minimum Gasteiger partial charge on any atom is -0.507 e. The Labute approximate surface area is 162 Å². The Balaban J connectivity index is 1.67. The van der Waals surface area contributed by atoms with Gasteiger partial charge < -0.3 is 14.7 Å². The van der Waals surface area contributed by atoms with Gasteiger partial charge in [-0.25, -0.2) is 4.98 Å². The van der Waals surface area contributed by atoms with Gasteiger partial charge in [-0.05, 0) is 23.8 Å². The Morgan fingerprint density at radius 3 is 2.59 bits per heavy atom. The third-order valence-corrected chi connectivity index (χ3v) is 5.89. The Bertz CT molecular complexity index is 1000. The second-order valence-corrected chi connectivity index (χ2v) is 7.88. The monoisotopic (exact) mass is 377 g/mol. The van der Waals surface area contributed by atoms with Gasteiger partial charge in [-0.3, -0.25) is 0 Å². The van der Waals surface area contributed by atoms with E-state index in [1.165, 1.54) is 0 Å². The molecule has 27 heavy (non-hydrogen) atoms. The van der Waals surface area contributed by atoms with Crippen molar-refractivity contribution in [2.45, 2.75) is 6.42 Å². The average molecular weight is 377 g/mol. The number of phenolic OH excluding ortho intramolecular Hbond substituents is 1. The van der Waals surface area contributed by atoms with Crippen LogP contribution < -0.4 is 9.64 Å². The smallest absolute Gasteiger partial charge is 0.228 e. The third-order valence-electron chi connectivity index (χ3n) is 4.95. The van der Waals surface area contributed by atoms with Gasteiger partial charge in [0.05, 0.1) is 11.1 Å². The molecule has 3 heterocycles. The maximum atomic E-state index is 10.3. The zero-order chi connectivity index (χ0) is 18.2. The summed E-state index contributed by atoms with van der Waals surface area (Å²) in [6.45, 7) is 1.91. The number of para-hydroxylation sites is 2. The van der Waals surface area contributed by atoms with Gasteiger partial charge >= 0.3 is 0 Å². The fraction of sp³-hybridized carbons (Fsp3) is 0.238. The molecule has 0 amide bonds. The summed E-state index contributed by atoms with van der Waals surface area (Å²) in [5.41, 5.74) is 2.80. The number of rotatable bonds is 2. The predicted molar refractivity (Wildman–Crippen MR) is 108 cm³/mol. The van der Waals surface area contributed by atoms with Crippen LogP contribution in [0.5, 0.6) is 17.4 Å². The van der Waals surface area contributed by atoms with Crippen molar-refractivity contribution in [1.82, 2.24) is 9.97 Å². The molecule has 0 aliphatic carbocycles. The first-order valence-corrected chi connectivity index (χ1v) is 10.2. The van der Waals surface area contributed by atoms with Gasteiger partial charge in [0.25, 0.3) is 0 Å². The largest absolute Gasteiger partial charge is 0.507 e. The predicted octanol–water partition coefficient (Wildman–Crippen LogP) is 4.10. The summed E-state index contributed by atoms with van der Waals surface area (Å²) < 4.78 is 6.15. The lowest BCUT2D eigenvalue weighted by Crippen LogP contribution is -2.34. The topological polar surface area (TPSA) is 58.5 Å². The zero-order valence-electron chi connectivity index (χ0n) is 14.8. The van der Waals surface area contributed by atoms with E-state index in [0.717, 1.165) is 53.7 Å². The summed E-state index contributed by atoms with van der Waals surface area (Å²) in [6, 6.07) is 15.2. The van der Waals surface area contributed by atoms with Crippen molar-refractivity contribution < 1.29 is 9.84 Å². The summed E-state index contributed by atoms with van der Waals surface area (Å²) in [6.07, 6.45) is 0.755. The maximum Gasteiger partial charge on any atom is 0.228 e. The van der Waals surface area contributed by atoms with Crippen molar-refractivity contribution in [2.75, 3.05) is 29.5 Å². The molecule has 1 aromatic heterocycles.